The highest BCUT2D eigenvalue weighted by Crippen LogP contribution is 2.30. The molecule has 2 aromatic heterocycles. The van der Waals surface area contributed by atoms with Crippen molar-refractivity contribution in [2.24, 2.45) is 5.73 Å². The number of thiophene rings is 1. The van der Waals surface area contributed by atoms with Crippen LogP contribution in [0, 0.1) is 0 Å². The molecule has 0 fully saturated rings. The summed E-state index contributed by atoms with van der Waals surface area (Å²) in [4.78, 5) is 24.7. The van der Waals surface area contributed by atoms with Crippen molar-refractivity contribution in [2.45, 2.75) is 36.9 Å². The monoisotopic (exact) mass is 467 g/mol. The van der Waals surface area contributed by atoms with Crippen LogP contribution in [0.25, 0.3) is 10.7 Å². The van der Waals surface area contributed by atoms with Crippen LogP contribution in [-0.2, 0) is 16.1 Å². The summed E-state index contributed by atoms with van der Waals surface area (Å²) in [6.45, 7) is -0.924. The number of nitrogens with zero attached hydrogens (tertiary/aromatic N) is 3. The molecule has 0 bridgehead atoms. The van der Waals surface area contributed by atoms with Crippen LogP contribution in [0.2, 0.25) is 0 Å². The van der Waals surface area contributed by atoms with Gasteiger partial charge in [0.25, 0.3) is 0 Å². The molecule has 0 aliphatic rings. The third-order valence-electron chi connectivity index (χ3n) is 4.04. The van der Waals surface area contributed by atoms with Gasteiger partial charge in [-0.3, -0.25) is 9.59 Å². The van der Waals surface area contributed by atoms with Gasteiger partial charge in [0.15, 0.2) is 11.0 Å². The fraction of sp³-hybridized carbons (Fsp3) is 0.263. The van der Waals surface area contributed by atoms with Crippen molar-refractivity contribution in [3.63, 3.8) is 0 Å². The van der Waals surface area contributed by atoms with Crippen molar-refractivity contribution in [3.05, 3.63) is 41.8 Å². The second kappa shape index (κ2) is 10.4. The van der Waals surface area contributed by atoms with Gasteiger partial charge in [0.05, 0.1) is 10.1 Å². The van der Waals surface area contributed by atoms with Crippen molar-refractivity contribution in [3.8, 4) is 16.5 Å². The smallest absolute Gasteiger partial charge is 0.387 e. The van der Waals surface area contributed by atoms with E-state index in [0.717, 1.165) is 4.88 Å². The van der Waals surface area contributed by atoms with Crippen molar-refractivity contribution < 1.29 is 23.1 Å². The normalized spacial score (nSPS) is 12.0. The number of primary amides is 1. The number of nitrogens with two attached hydrogens (primary N) is 1. The predicted octanol–water partition coefficient (Wildman–Crippen LogP) is 3.60. The Balaban J connectivity index is 1.69. The lowest BCUT2D eigenvalue weighted by atomic mass is 10.3. The number of anilines is 1. The first kappa shape index (κ1) is 22.7. The molecule has 1 unspecified atom stereocenters. The summed E-state index contributed by atoms with van der Waals surface area (Å²) in [5, 5.41) is 12.9. The number of amides is 2. The largest absolute Gasteiger partial charge is 0.435 e. The zero-order chi connectivity index (χ0) is 22.4. The van der Waals surface area contributed by atoms with Crippen LogP contribution in [0.1, 0.15) is 13.3 Å². The maximum Gasteiger partial charge on any atom is 0.387 e. The number of carbonyl (C=O) groups is 2. The number of halogens is 2. The van der Waals surface area contributed by atoms with Crippen LogP contribution in [0.5, 0.6) is 5.75 Å². The predicted molar refractivity (Wildman–Crippen MR) is 114 cm³/mol. The van der Waals surface area contributed by atoms with Gasteiger partial charge in [0.2, 0.25) is 11.8 Å². The highest BCUT2D eigenvalue weighted by atomic mass is 32.2. The Morgan fingerprint density at radius 2 is 2.00 bits per heavy atom. The summed E-state index contributed by atoms with van der Waals surface area (Å²) in [6.07, 6.45) is 0.109. The topological polar surface area (TPSA) is 112 Å². The summed E-state index contributed by atoms with van der Waals surface area (Å²) >= 11 is 2.67. The van der Waals surface area contributed by atoms with Gasteiger partial charge >= 0.3 is 6.61 Å². The van der Waals surface area contributed by atoms with E-state index < -0.39 is 17.8 Å². The summed E-state index contributed by atoms with van der Waals surface area (Å²) in [5.74, 6) is -0.165. The molecule has 12 heteroatoms. The van der Waals surface area contributed by atoms with Gasteiger partial charge in [-0.05, 0) is 42.6 Å². The lowest BCUT2D eigenvalue weighted by Crippen LogP contribution is -2.23. The molecule has 31 heavy (non-hydrogen) atoms. The number of nitrogens with one attached hydrogen (secondary N) is 1. The molecule has 1 aromatic carbocycles. The molecule has 0 spiro atoms. The van der Waals surface area contributed by atoms with Crippen LogP contribution >= 0.6 is 23.1 Å². The van der Waals surface area contributed by atoms with Crippen LogP contribution in [-0.4, -0.2) is 38.4 Å². The quantitative estimate of drug-likeness (QED) is 0.441. The number of benzene rings is 1. The molecule has 2 amide bonds. The van der Waals surface area contributed by atoms with E-state index in [1.165, 1.54) is 47.4 Å². The number of rotatable bonds is 10. The lowest BCUT2D eigenvalue weighted by Gasteiger charge is -2.13. The molecule has 0 saturated carbocycles. The van der Waals surface area contributed by atoms with E-state index in [0.29, 0.717) is 16.7 Å². The molecule has 3 rings (SSSR count). The van der Waals surface area contributed by atoms with Crippen LogP contribution < -0.4 is 15.8 Å². The Kier molecular flexibility index (Phi) is 7.58. The molecule has 2 heterocycles. The zero-order valence-electron chi connectivity index (χ0n) is 16.3. The average Bonchev–Trinajstić information content (AvgIpc) is 3.37. The van der Waals surface area contributed by atoms with Gasteiger partial charge in [-0.15, -0.1) is 21.5 Å². The Labute approximate surface area is 184 Å². The molecule has 3 aromatic rings. The number of ether oxygens (including phenoxy) is 1. The maximum atomic E-state index is 12.6. The number of hydrogen-bond acceptors (Lipinski definition) is 7. The Morgan fingerprint density at radius 1 is 1.26 bits per heavy atom. The summed E-state index contributed by atoms with van der Waals surface area (Å²) in [7, 11) is 0. The second-order valence-corrected chi connectivity index (χ2v) is 8.56. The summed E-state index contributed by atoms with van der Waals surface area (Å²) in [5.41, 5.74) is 5.73. The fourth-order valence-electron chi connectivity index (χ4n) is 2.56. The number of thioether (sulfide) groups is 1. The highest BCUT2D eigenvalue weighted by Gasteiger charge is 2.21. The van der Waals surface area contributed by atoms with Crippen LogP contribution in [0.4, 0.5) is 14.5 Å². The minimum absolute atomic E-state index is 0.000850. The Bertz CT molecular complexity index is 1030. The van der Waals surface area contributed by atoms with Gasteiger partial charge in [-0.2, -0.15) is 8.78 Å². The fourth-order valence-corrected chi connectivity index (χ4v) is 4.16. The van der Waals surface area contributed by atoms with Gasteiger partial charge in [0.1, 0.15) is 5.75 Å². The molecule has 164 valence electrons. The maximum absolute atomic E-state index is 12.6. The molecular weight excluding hydrogens is 448 g/mol. The Morgan fingerprint density at radius 3 is 2.61 bits per heavy atom. The molecule has 0 saturated heterocycles. The summed E-state index contributed by atoms with van der Waals surface area (Å²) in [6, 6.07) is 9.39. The van der Waals surface area contributed by atoms with Gasteiger partial charge in [-0.1, -0.05) is 17.8 Å². The minimum atomic E-state index is -2.91. The number of aromatic nitrogens is 3. The first-order valence-electron chi connectivity index (χ1n) is 9.11. The molecule has 8 nitrogen and oxygen atoms in total. The van der Waals surface area contributed by atoms with E-state index in [-0.39, 0.29) is 24.6 Å². The second-order valence-electron chi connectivity index (χ2n) is 6.30. The summed E-state index contributed by atoms with van der Waals surface area (Å²) < 4.78 is 30.5. The zero-order valence-corrected chi connectivity index (χ0v) is 18.0. The molecule has 3 N–H and O–H groups in total. The standard InChI is InChI=1S/C19H19F2N5O3S2/c1-11(17(28)23-12-4-6-13(7-5-12)29-18(20)21)31-19-25-24-16(14-3-2-10-30-14)26(19)9-8-15(22)27/h2-7,10-11,18H,8-9H2,1H3,(H2,22,27)(H,23,28). The van der Waals surface area contributed by atoms with Gasteiger partial charge < -0.3 is 20.4 Å². The molecule has 0 aliphatic carbocycles. The lowest BCUT2D eigenvalue weighted by molar-refractivity contribution is -0.118. The SMILES string of the molecule is CC(Sc1nnc(-c2cccs2)n1CCC(N)=O)C(=O)Nc1ccc(OC(F)F)cc1. The van der Waals surface area contributed by atoms with E-state index in [1.807, 2.05) is 17.5 Å². The van der Waals surface area contributed by atoms with Crippen LogP contribution in [0.3, 0.4) is 0 Å². The first-order valence-corrected chi connectivity index (χ1v) is 10.9. The van der Waals surface area contributed by atoms with Gasteiger partial charge in [-0.25, -0.2) is 0 Å². The number of carbonyl (C=O) groups excluding carboxylic acids is 2. The van der Waals surface area contributed by atoms with E-state index >= 15 is 0 Å². The minimum Gasteiger partial charge on any atom is -0.435 e. The van der Waals surface area contributed by atoms with E-state index in [4.69, 9.17) is 5.73 Å². The van der Waals surface area contributed by atoms with Gasteiger partial charge in [0, 0.05) is 18.7 Å². The molecule has 1 atom stereocenters. The van der Waals surface area contributed by atoms with Crippen LogP contribution in [0.15, 0.2) is 46.9 Å². The van der Waals surface area contributed by atoms with E-state index in [9.17, 15) is 18.4 Å². The third kappa shape index (κ3) is 6.25. The highest BCUT2D eigenvalue weighted by molar-refractivity contribution is 8.00. The third-order valence-corrected chi connectivity index (χ3v) is 5.98. The molecular formula is C19H19F2N5O3S2. The van der Waals surface area contributed by atoms with Crippen molar-refractivity contribution in [1.29, 1.82) is 0 Å². The average molecular weight is 468 g/mol. The Hall–Kier alpha value is -2.99. The van der Waals surface area contributed by atoms with Crippen molar-refractivity contribution in [2.75, 3.05) is 5.32 Å². The van der Waals surface area contributed by atoms with E-state index in [1.54, 1.807) is 11.5 Å². The first-order chi connectivity index (χ1) is 14.8. The molecule has 0 aliphatic heterocycles. The number of hydrogen-bond donors (Lipinski definition) is 2. The van der Waals surface area contributed by atoms with Crippen molar-refractivity contribution in [1.82, 2.24) is 14.8 Å². The van der Waals surface area contributed by atoms with Crippen molar-refractivity contribution >= 4 is 40.6 Å². The number of alkyl halides is 2. The molecule has 0 radical (unpaired) electrons. The van der Waals surface area contributed by atoms with E-state index in [2.05, 4.69) is 20.3 Å².